The first kappa shape index (κ1) is 9.16. The van der Waals surface area contributed by atoms with Gasteiger partial charge < -0.3 is 0 Å². The van der Waals surface area contributed by atoms with Gasteiger partial charge >= 0.3 is 11.4 Å². The largest absolute Gasteiger partial charge is 0.305 e. The standard InChI is InChI=1S/C7H14O3S/c1-6(2)5-7(3,4)10-11(8)9-6/h5H2,1-4H3. The van der Waals surface area contributed by atoms with E-state index in [1.54, 1.807) is 0 Å². The topological polar surface area (TPSA) is 35.5 Å². The molecule has 1 aliphatic heterocycles. The van der Waals surface area contributed by atoms with Crippen LogP contribution in [0.5, 0.6) is 0 Å². The van der Waals surface area contributed by atoms with E-state index in [0.29, 0.717) is 0 Å². The Morgan fingerprint density at radius 3 is 1.73 bits per heavy atom. The van der Waals surface area contributed by atoms with E-state index in [1.807, 2.05) is 27.7 Å². The Kier molecular flexibility index (Phi) is 2.11. The highest BCUT2D eigenvalue weighted by molar-refractivity contribution is 7.75. The van der Waals surface area contributed by atoms with Crippen molar-refractivity contribution in [3.63, 3.8) is 0 Å². The Bertz CT molecular complexity index is 168. The Morgan fingerprint density at radius 2 is 1.45 bits per heavy atom. The van der Waals surface area contributed by atoms with Crippen molar-refractivity contribution in [3.05, 3.63) is 0 Å². The van der Waals surface area contributed by atoms with Gasteiger partial charge in [-0.3, -0.25) is 8.37 Å². The van der Waals surface area contributed by atoms with Crippen molar-refractivity contribution in [3.8, 4) is 0 Å². The monoisotopic (exact) mass is 178 g/mol. The molecule has 11 heavy (non-hydrogen) atoms. The fourth-order valence-corrected chi connectivity index (χ4v) is 2.36. The van der Waals surface area contributed by atoms with Gasteiger partial charge in [0.1, 0.15) is 0 Å². The van der Waals surface area contributed by atoms with Crippen LogP contribution in [0.15, 0.2) is 0 Å². The van der Waals surface area contributed by atoms with Crippen LogP contribution < -0.4 is 0 Å². The number of rotatable bonds is 0. The van der Waals surface area contributed by atoms with Crippen LogP contribution in [0.4, 0.5) is 0 Å². The first-order valence-electron chi connectivity index (χ1n) is 3.62. The average Bonchev–Trinajstić information content (AvgIpc) is 1.49. The van der Waals surface area contributed by atoms with Crippen molar-refractivity contribution >= 4 is 11.4 Å². The van der Waals surface area contributed by atoms with E-state index in [0.717, 1.165) is 6.42 Å². The Morgan fingerprint density at radius 1 is 1.09 bits per heavy atom. The van der Waals surface area contributed by atoms with Crippen LogP contribution in [-0.2, 0) is 19.7 Å². The second kappa shape index (κ2) is 2.54. The fourth-order valence-electron chi connectivity index (χ4n) is 1.47. The molecule has 0 saturated carbocycles. The SMILES string of the molecule is CC1(C)CC(C)(C)OS(=O)O1. The fraction of sp³-hybridized carbons (Fsp3) is 1.00. The molecule has 0 N–H and O–H groups in total. The molecule has 0 aliphatic carbocycles. The average molecular weight is 178 g/mol. The zero-order valence-electron chi connectivity index (χ0n) is 7.34. The summed E-state index contributed by atoms with van der Waals surface area (Å²) in [6, 6.07) is 0. The molecule has 1 saturated heterocycles. The van der Waals surface area contributed by atoms with Crippen LogP contribution in [0.1, 0.15) is 34.1 Å². The minimum atomic E-state index is -1.58. The lowest BCUT2D eigenvalue weighted by atomic mass is 9.93. The van der Waals surface area contributed by atoms with Gasteiger partial charge in [-0.05, 0) is 27.7 Å². The molecule has 0 atom stereocenters. The minimum absolute atomic E-state index is 0.341. The molecule has 4 heteroatoms. The first-order valence-corrected chi connectivity index (χ1v) is 4.62. The van der Waals surface area contributed by atoms with E-state index in [-0.39, 0.29) is 11.2 Å². The lowest BCUT2D eigenvalue weighted by Gasteiger charge is -2.38. The van der Waals surface area contributed by atoms with Gasteiger partial charge in [0.05, 0.1) is 11.2 Å². The van der Waals surface area contributed by atoms with Crippen LogP contribution in [0, 0.1) is 0 Å². The third kappa shape index (κ3) is 2.54. The molecule has 0 unspecified atom stereocenters. The van der Waals surface area contributed by atoms with E-state index >= 15 is 0 Å². The maximum atomic E-state index is 11.0. The summed E-state index contributed by atoms with van der Waals surface area (Å²) in [5, 5.41) is 0. The molecule has 1 fully saturated rings. The summed E-state index contributed by atoms with van der Waals surface area (Å²) < 4.78 is 21.1. The number of hydrogen-bond donors (Lipinski definition) is 0. The predicted molar refractivity (Wildman–Crippen MR) is 43.1 cm³/mol. The van der Waals surface area contributed by atoms with E-state index in [9.17, 15) is 4.21 Å². The maximum Gasteiger partial charge on any atom is 0.305 e. The molecule has 0 aromatic rings. The number of hydrogen-bond acceptors (Lipinski definition) is 3. The normalized spacial score (nSPS) is 30.2. The lowest BCUT2D eigenvalue weighted by molar-refractivity contribution is -0.0397. The van der Waals surface area contributed by atoms with E-state index in [4.69, 9.17) is 8.37 Å². The van der Waals surface area contributed by atoms with Crippen molar-refractivity contribution in [1.29, 1.82) is 0 Å². The van der Waals surface area contributed by atoms with Crippen molar-refractivity contribution < 1.29 is 12.6 Å². The summed E-state index contributed by atoms with van der Waals surface area (Å²) >= 11 is -1.58. The summed E-state index contributed by atoms with van der Waals surface area (Å²) in [6.45, 7) is 7.65. The van der Waals surface area contributed by atoms with E-state index in [2.05, 4.69) is 0 Å². The maximum absolute atomic E-state index is 11.0. The zero-order valence-corrected chi connectivity index (χ0v) is 8.16. The molecule has 0 aromatic heterocycles. The molecule has 1 heterocycles. The quantitative estimate of drug-likeness (QED) is 0.564. The Labute approximate surface area is 69.9 Å². The van der Waals surface area contributed by atoms with E-state index < -0.39 is 11.4 Å². The highest BCUT2D eigenvalue weighted by Gasteiger charge is 2.39. The third-order valence-electron chi connectivity index (χ3n) is 1.44. The smallest absolute Gasteiger partial charge is 0.262 e. The van der Waals surface area contributed by atoms with Crippen LogP contribution >= 0.6 is 0 Å². The Hall–Kier alpha value is 0.0700. The van der Waals surface area contributed by atoms with Crippen LogP contribution in [-0.4, -0.2) is 15.4 Å². The molecule has 1 rings (SSSR count). The second-order valence-corrected chi connectivity index (χ2v) is 4.81. The molecule has 1 aliphatic rings. The highest BCUT2D eigenvalue weighted by atomic mass is 32.2. The highest BCUT2D eigenvalue weighted by Crippen LogP contribution is 2.33. The van der Waals surface area contributed by atoms with Crippen LogP contribution in [0.25, 0.3) is 0 Å². The predicted octanol–water partition coefficient (Wildman–Crippen LogP) is 1.56. The van der Waals surface area contributed by atoms with Crippen LogP contribution in [0.2, 0.25) is 0 Å². The minimum Gasteiger partial charge on any atom is -0.262 e. The Balaban J connectivity index is 2.74. The summed E-state index contributed by atoms with van der Waals surface area (Å²) in [7, 11) is 0. The first-order chi connectivity index (χ1) is 4.81. The zero-order chi connectivity index (χ0) is 8.70. The summed E-state index contributed by atoms with van der Waals surface area (Å²) in [5.41, 5.74) is -0.681. The molecule has 0 spiro atoms. The van der Waals surface area contributed by atoms with Gasteiger partial charge in [-0.2, -0.15) is 4.21 Å². The summed E-state index contributed by atoms with van der Waals surface area (Å²) in [4.78, 5) is 0. The van der Waals surface area contributed by atoms with Crippen molar-refractivity contribution in [2.75, 3.05) is 0 Å². The van der Waals surface area contributed by atoms with Gasteiger partial charge in [0.2, 0.25) is 0 Å². The van der Waals surface area contributed by atoms with E-state index in [1.165, 1.54) is 0 Å². The molecule has 66 valence electrons. The molecular weight excluding hydrogens is 164 g/mol. The van der Waals surface area contributed by atoms with Crippen molar-refractivity contribution in [2.24, 2.45) is 0 Å². The summed E-state index contributed by atoms with van der Waals surface area (Å²) in [6.07, 6.45) is 0.756. The van der Waals surface area contributed by atoms with Gasteiger partial charge in [0.15, 0.2) is 0 Å². The third-order valence-corrected chi connectivity index (χ3v) is 2.61. The molecule has 0 bridgehead atoms. The lowest BCUT2D eigenvalue weighted by Crippen LogP contribution is -2.44. The van der Waals surface area contributed by atoms with Gasteiger partial charge in [-0.25, -0.2) is 0 Å². The van der Waals surface area contributed by atoms with Gasteiger partial charge in [0.25, 0.3) is 0 Å². The molecule has 0 aromatic carbocycles. The molecular formula is C7H14O3S. The second-order valence-electron chi connectivity index (χ2n) is 4.07. The van der Waals surface area contributed by atoms with Gasteiger partial charge in [-0.1, -0.05) is 0 Å². The molecule has 0 amide bonds. The van der Waals surface area contributed by atoms with Gasteiger partial charge in [0, 0.05) is 6.42 Å². The van der Waals surface area contributed by atoms with Gasteiger partial charge in [-0.15, -0.1) is 0 Å². The van der Waals surface area contributed by atoms with Crippen LogP contribution in [0.3, 0.4) is 0 Å². The summed E-state index contributed by atoms with van der Waals surface area (Å²) in [5.74, 6) is 0. The van der Waals surface area contributed by atoms with Crippen molar-refractivity contribution in [1.82, 2.24) is 0 Å². The molecule has 3 nitrogen and oxygen atoms in total. The van der Waals surface area contributed by atoms with Crippen molar-refractivity contribution in [2.45, 2.75) is 45.3 Å². The molecule has 0 radical (unpaired) electrons.